The summed E-state index contributed by atoms with van der Waals surface area (Å²) in [5.74, 6) is 2.73. The lowest BCUT2D eigenvalue weighted by atomic mass is 10.4. The van der Waals surface area contributed by atoms with Crippen LogP contribution in [0.2, 0.25) is 0 Å². The van der Waals surface area contributed by atoms with Crippen LogP contribution in [0.3, 0.4) is 0 Å². The number of rotatable bonds is 1. The van der Waals surface area contributed by atoms with E-state index in [1.54, 1.807) is 13.1 Å². The third kappa shape index (κ3) is 2.83. The van der Waals surface area contributed by atoms with Crippen LogP contribution in [0.25, 0.3) is 0 Å². The van der Waals surface area contributed by atoms with Crippen LogP contribution >= 0.6 is 0 Å². The fraction of sp³-hybridized carbons (Fsp3) is 0.250. The topological polar surface area (TPSA) is 24.7 Å². The first-order valence-corrected chi connectivity index (χ1v) is 2.85. The third-order valence-corrected chi connectivity index (χ3v) is 0.919. The van der Waals surface area contributed by atoms with Gasteiger partial charge in [-0.05, 0) is 18.9 Å². The van der Waals surface area contributed by atoms with Crippen molar-refractivity contribution in [3.63, 3.8) is 0 Å². The molecule has 52 valence electrons. The van der Waals surface area contributed by atoms with Gasteiger partial charge in [-0.1, -0.05) is 6.58 Å². The van der Waals surface area contributed by atoms with Gasteiger partial charge in [0.15, 0.2) is 5.84 Å². The van der Waals surface area contributed by atoms with Crippen molar-refractivity contribution in [2.75, 3.05) is 7.05 Å². The van der Waals surface area contributed by atoms with E-state index in [4.69, 9.17) is 6.42 Å². The van der Waals surface area contributed by atoms with Gasteiger partial charge in [0.05, 0.1) is 0 Å². The summed E-state index contributed by atoms with van der Waals surface area (Å²) in [5, 5.41) is 0. The maximum Gasteiger partial charge on any atom is 0.199 e. The van der Waals surface area contributed by atoms with E-state index in [1.165, 1.54) is 0 Å². The molecular formula is C8H10N2. The van der Waals surface area contributed by atoms with Crippen molar-refractivity contribution >= 4 is 11.5 Å². The highest BCUT2D eigenvalue weighted by Gasteiger charge is 1.86. The van der Waals surface area contributed by atoms with E-state index in [-0.39, 0.29) is 0 Å². The van der Waals surface area contributed by atoms with Crippen LogP contribution in [0.4, 0.5) is 0 Å². The predicted molar refractivity (Wildman–Crippen MR) is 45.5 cm³/mol. The molecule has 0 unspecified atom stereocenters. The molecule has 0 rings (SSSR count). The summed E-state index contributed by atoms with van der Waals surface area (Å²) < 4.78 is 0. The van der Waals surface area contributed by atoms with Crippen LogP contribution in [0, 0.1) is 12.3 Å². The minimum absolute atomic E-state index is 0.400. The summed E-state index contributed by atoms with van der Waals surface area (Å²) in [4.78, 5) is 7.68. The van der Waals surface area contributed by atoms with Crippen molar-refractivity contribution < 1.29 is 0 Å². The molecule has 0 heterocycles. The second kappa shape index (κ2) is 4.51. The molecule has 0 aromatic heterocycles. The fourth-order valence-electron chi connectivity index (χ4n) is 0.360. The summed E-state index contributed by atoms with van der Waals surface area (Å²) in [6.45, 7) is 5.34. The van der Waals surface area contributed by atoms with Gasteiger partial charge in [-0.3, -0.25) is 4.99 Å². The molecule has 2 nitrogen and oxygen atoms in total. The van der Waals surface area contributed by atoms with E-state index >= 15 is 0 Å². The number of aliphatic imine (C=N–C) groups is 2. The zero-order chi connectivity index (χ0) is 7.98. The molecule has 0 fully saturated rings. The van der Waals surface area contributed by atoms with Crippen molar-refractivity contribution in [3.05, 3.63) is 12.7 Å². The van der Waals surface area contributed by atoms with Gasteiger partial charge < -0.3 is 0 Å². The predicted octanol–water partition coefficient (Wildman–Crippen LogP) is 1.29. The minimum Gasteiger partial charge on any atom is -0.262 e. The average Bonchev–Trinajstić information content (AvgIpc) is 1.99. The van der Waals surface area contributed by atoms with Crippen LogP contribution in [0.15, 0.2) is 22.6 Å². The molecule has 0 aromatic carbocycles. The van der Waals surface area contributed by atoms with Crippen molar-refractivity contribution in [2.45, 2.75) is 6.92 Å². The van der Waals surface area contributed by atoms with E-state index < -0.39 is 0 Å². The molecule has 10 heavy (non-hydrogen) atoms. The SMILES string of the molecule is C#CC(/N=C(/C)C=C)=N/C. The summed E-state index contributed by atoms with van der Waals surface area (Å²) in [7, 11) is 1.61. The smallest absolute Gasteiger partial charge is 0.199 e. The Bertz CT molecular complexity index is 216. The van der Waals surface area contributed by atoms with Crippen molar-refractivity contribution in [1.29, 1.82) is 0 Å². The van der Waals surface area contributed by atoms with Crippen molar-refractivity contribution in [3.8, 4) is 12.3 Å². The maximum absolute atomic E-state index is 5.06. The van der Waals surface area contributed by atoms with Crippen LogP contribution < -0.4 is 0 Å². The molecule has 0 atom stereocenters. The molecule has 2 heteroatoms. The highest BCUT2D eigenvalue weighted by atomic mass is 14.9. The molecule has 0 saturated carbocycles. The second-order valence-corrected chi connectivity index (χ2v) is 1.65. The van der Waals surface area contributed by atoms with Gasteiger partial charge in [0.1, 0.15) is 0 Å². The molecular weight excluding hydrogens is 124 g/mol. The van der Waals surface area contributed by atoms with E-state index in [0.29, 0.717) is 5.84 Å². The first-order chi connectivity index (χ1) is 4.74. The van der Waals surface area contributed by atoms with Crippen molar-refractivity contribution in [2.24, 2.45) is 9.98 Å². The van der Waals surface area contributed by atoms with Crippen LogP contribution in [0.5, 0.6) is 0 Å². The van der Waals surface area contributed by atoms with Gasteiger partial charge in [0.25, 0.3) is 0 Å². The van der Waals surface area contributed by atoms with Gasteiger partial charge in [-0.2, -0.15) is 0 Å². The Balaban J connectivity index is 4.41. The zero-order valence-corrected chi connectivity index (χ0v) is 6.26. The number of hydrogen-bond donors (Lipinski definition) is 0. The van der Waals surface area contributed by atoms with Gasteiger partial charge in [0, 0.05) is 12.8 Å². The Labute approximate surface area is 61.4 Å². The highest BCUT2D eigenvalue weighted by Crippen LogP contribution is 1.82. The molecule has 0 aliphatic heterocycles. The van der Waals surface area contributed by atoms with Crippen LogP contribution in [-0.4, -0.2) is 18.6 Å². The summed E-state index contributed by atoms with van der Waals surface area (Å²) in [6.07, 6.45) is 6.69. The Morgan fingerprint density at radius 3 is 2.60 bits per heavy atom. The molecule has 0 aliphatic rings. The van der Waals surface area contributed by atoms with Gasteiger partial charge in [-0.25, -0.2) is 4.99 Å². The first kappa shape index (κ1) is 8.64. The lowest BCUT2D eigenvalue weighted by Gasteiger charge is -1.88. The van der Waals surface area contributed by atoms with E-state index in [1.807, 2.05) is 6.92 Å². The Hall–Kier alpha value is -1.36. The van der Waals surface area contributed by atoms with Gasteiger partial charge >= 0.3 is 0 Å². The average molecular weight is 134 g/mol. The summed E-state index contributed by atoms with van der Waals surface area (Å²) in [5.41, 5.74) is 0.776. The molecule has 0 aliphatic carbocycles. The molecule has 0 aromatic rings. The maximum atomic E-state index is 5.06. The Morgan fingerprint density at radius 2 is 2.30 bits per heavy atom. The van der Waals surface area contributed by atoms with E-state index in [2.05, 4.69) is 22.5 Å². The van der Waals surface area contributed by atoms with Crippen LogP contribution in [0.1, 0.15) is 6.92 Å². The third-order valence-electron chi connectivity index (χ3n) is 0.919. The normalized spacial score (nSPS) is 12.5. The number of hydrogen-bond acceptors (Lipinski definition) is 1. The van der Waals surface area contributed by atoms with E-state index in [9.17, 15) is 0 Å². The lowest BCUT2D eigenvalue weighted by molar-refractivity contribution is 1.42. The largest absolute Gasteiger partial charge is 0.262 e. The van der Waals surface area contributed by atoms with Crippen molar-refractivity contribution in [1.82, 2.24) is 0 Å². The van der Waals surface area contributed by atoms with Gasteiger partial charge in [0.2, 0.25) is 0 Å². The molecule has 0 saturated heterocycles. The molecule has 0 N–H and O–H groups in total. The lowest BCUT2D eigenvalue weighted by Crippen LogP contribution is -1.93. The molecule has 0 radical (unpaired) electrons. The Kier molecular flexibility index (Phi) is 3.90. The molecule has 0 spiro atoms. The Morgan fingerprint density at radius 1 is 1.70 bits per heavy atom. The number of amidine groups is 1. The summed E-state index contributed by atoms with van der Waals surface area (Å²) in [6, 6.07) is 0. The summed E-state index contributed by atoms with van der Waals surface area (Å²) >= 11 is 0. The standard InChI is InChI=1S/C8H10N2/c1-5-7(3)10-8(6-2)9-4/h2,5H,1H2,3-4H3/b9-8-,10-7-. The highest BCUT2D eigenvalue weighted by molar-refractivity contribution is 6.08. The van der Waals surface area contributed by atoms with Crippen LogP contribution in [-0.2, 0) is 0 Å². The molecule has 0 bridgehead atoms. The number of terminal acetylenes is 1. The first-order valence-electron chi connectivity index (χ1n) is 2.85. The number of nitrogens with zero attached hydrogens (tertiary/aromatic N) is 2. The monoisotopic (exact) mass is 134 g/mol. The van der Waals surface area contributed by atoms with E-state index in [0.717, 1.165) is 5.71 Å². The quantitative estimate of drug-likeness (QED) is 0.293. The zero-order valence-electron chi connectivity index (χ0n) is 6.26. The van der Waals surface area contributed by atoms with Gasteiger partial charge in [-0.15, -0.1) is 6.42 Å². The minimum atomic E-state index is 0.400. The number of allylic oxidation sites excluding steroid dienone is 1. The fourth-order valence-corrected chi connectivity index (χ4v) is 0.360. The molecule has 0 amide bonds. The second-order valence-electron chi connectivity index (χ2n) is 1.65.